The molecule has 1 fully saturated rings. The number of hydrogen-bond acceptors (Lipinski definition) is 2. The number of urea groups is 1. The van der Waals surface area contributed by atoms with Crippen LogP contribution in [0.1, 0.15) is 26.2 Å². The Hall–Kier alpha value is -1.75. The molecule has 1 aliphatic rings. The summed E-state index contributed by atoms with van der Waals surface area (Å²) in [5.74, 6) is 0.0174. The molecule has 1 N–H and O–H groups in total. The minimum atomic E-state index is -0.153. The maximum Gasteiger partial charge on any atom is 0.317 e. The number of nitrogens with zero attached hydrogens (tertiary/aromatic N) is 2. The maximum atomic E-state index is 12.1. The lowest BCUT2D eigenvalue weighted by molar-refractivity contribution is -0.117. The van der Waals surface area contributed by atoms with Gasteiger partial charge >= 0.3 is 6.03 Å². The molecule has 0 aliphatic carbocycles. The first kappa shape index (κ1) is 16.6. The molecule has 1 heterocycles. The van der Waals surface area contributed by atoms with Crippen molar-refractivity contribution in [3.63, 3.8) is 0 Å². The Morgan fingerprint density at radius 3 is 2.73 bits per heavy atom. The quantitative estimate of drug-likeness (QED) is 0.906. The predicted molar refractivity (Wildman–Crippen MR) is 88.3 cm³/mol. The lowest BCUT2D eigenvalue weighted by atomic mass is 10.2. The molecule has 0 spiro atoms. The molecule has 0 bridgehead atoms. The smallest absolute Gasteiger partial charge is 0.317 e. The summed E-state index contributed by atoms with van der Waals surface area (Å²) in [7, 11) is 1.78. The molecular formula is C16H22ClN3O2. The van der Waals surface area contributed by atoms with Crippen molar-refractivity contribution >= 4 is 29.2 Å². The Balaban J connectivity index is 1.92. The minimum Gasteiger partial charge on any atom is -0.333 e. The van der Waals surface area contributed by atoms with Gasteiger partial charge in [0.1, 0.15) is 0 Å². The molecule has 120 valence electrons. The largest absolute Gasteiger partial charge is 0.333 e. The summed E-state index contributed by atoms with van der Waals surface area (Å²) < 4.78 is 0. The number of unbranched alkanes of at least 4 members (excludes halogenated alkanes) is 1. The fraction of sp³-hybridized carbons (Fsp3) is 0.500. The topological polar surface area (TPSA) is 52.7 Å². The molecule has 1 aromatic carbocycles. The summed E-state index contributed by atoms with van der Waals surface area (Å²) in [5.41, 5.74) is 0.811. The summed E-state index contributed by atoms with van der Waals surface area (Å²) in [5, 5.41) is 3.56. The van der Waals surface area contributed by atoms with E-state index in [1.165, 1.54) is 0 Å². The number of hydrogen-bond donors (Lipinski definition) is 1. The fourth-order valence-electron chi connectivity index (χ4n) is 2.46. The van der Waals surface area contributed by atoms with Crippen LogP contribution in [0.5, 0.6) is 0 Å². The number of nitrogens with one attached hydrogen (secondary N) is 1. The second-order valence-corrected chi connectivity index (χ2v) is 6.04. The Morgan fingerprint density at radius 2 is 2.09 bits per heavy atom. The number of amides is 3. The van der Waals surface area contributed by atoms with Gasteiger partial charge in [-0.3, -0.25) is 4.79 Å². The van der Waals surface area contributed by atoms with Crippen LogP contribution in [0.15, 0.2) is 24.3 Å². The summed E-state index contributed by atoms with van der Waals surface area (Å²) in [6.07, 6.45) is 2.35. The SMILES string of the molecule is CCCCN(C)C(=O)N[C@H]1CC(=O)N(c2ccc(Cl)cc2)C1. The lowest BCUT2D eigenvalue weighted by Gasteiger charge is -2.21. The first-order valence-electron chi connectivity index (χ1n) is 7.58. The molecule has 5 nitrogen and oxygen atoms in total. The van der Waals surface area contributed by atoms with E-state index in [-0.39, 0.29) is 18.0 Å². The Kier molecular flexibility index (Phi) is 5.66. The van der Waals surface area contributed by atoms with E-state index in [0.717, 1.165) is 25.1 Å². The molecule has 3 amide bonds. The van der Waals surface area contributed by atoms with E-state index >= 15 is 0 Å². The van der Waals surface area contributed by atoms with E-state index in [1.807, 2.05) is 12.1 Å². The van der Waals surface area contributed by atoms with E-state index in [9.17, 15) is 9.59 Å². The van der Waals surface area contributed by atoms with E-state index in [2.05, 4.69) is 12.2 Å². The molecule has 0 radical (unpaired) electrons. The predicted octanol–water partition coefficient (Wildman–Crippen LogP) is 2.89. The molecule has 0 saturated carbocycles. The van der Waals surface area contributed by atoms with Crippen molar-refractivity contribution in [3.05, 3.63) is 29.3 Å². The number of carbonyl (C=O) groups excluding carboxylic acids is 2. The highest BCUT2D eigenvalue weighted by molar-refractivity contribution is 6.30. The van der Waals surface area contributed by atoms with Crippen LogP contribution in [0.2, 0.25) is 5.02 Å². The van der Waals surface area contributed by atoms with Crippen molar-refractivity contribution < 1.29 is 9.59 Å². The van der Waals surface area contributed by atoms with E-state index in [1.54, 1.807) is 29.0 Å². The van der Waals surface area contributed by atoms with Crippen LogP contribution in [0, 0.1) is 0 Å². The molecule has 2 rings (SSSR count). The fourth-order valence-corrected chi connectivity index (χ4v) is 2.58. The van der Waals surface area contributed by atoms with E-state index < -0.39 is 0 Å². The molecule has 22 heavy (non-hydrogen) atoms. The second-order valence-electron chi connectivity index (χ2n) is 5.61. The molecule has 1 aliphatic heterocycles. The third kappa shape index (κ3) is 4.13. The third-order valence-corrected chi connectivity index (χ3v) is 4.04. The normalized spacial score (nSPS) is 17.7. The van der Waals surface area contributed by atoms with Gasteiger partial charge in [0.15, 0.2) is 0 Å². The number of benzene rings is 1. The van der Waals surface area contributed by atoms with Crippen molar-refractivity contribution in [2.24, 2.45) is 0 Å². The highest BCUT2D eigenvalue weighted by Gasteiger charge is 2.32. The maximum absolute atomic E-state index is 12.1. The molecule has 6 heteroatoms. The van der Waals surface area contributed by atoms with Gasteiger partial charge in [-0.15, -0.1) is 0 Å². The van der Waals surface area contributed by atoms with Crippen molar-refractivity contribution in [2.75, 3.05) is 25.0 Å². The molecule has 0 aromatic heterocycles. The van der Waals surface area contributed by atoms with Crippen LogP contribution in [0.4, 0.5) is 10.5 Å². The van der Waals surface area contributed by atoms with Crippen LogP contribution in [-0.4, -0.2) is 43.0 Å². The number of rotatable bonds is 5. The van der Waals surface area contributed by atoms with Crippen LogP contribution in [-0.2, 0) is 4.79 Å². The lowest BCUT2D eigenvalue weighted by Crippen LogP contribution is -2.44. The van der Waals surface area contributed by atoms with Crippen LogP contribution < -0.4 is 10.2 Å². The zero-order chi connectivity index (χ0) is 16.1. The van der Waals surface area contributed by atoms with Gasteiger partial charge in [0.25, 0.3) is 0 Å². The number of carbonyl (C=O) groups is 2. The Bertz CT molecular complexity index is 533. The van der Waals surface area contributed by atoms with Crippen molar-refractivity contribution in [1.82, 2.24) is 10.2 Å². The highest BCUT2D eigenvalue weighted by atomic mass is 35.5. The molecular weight excluding hydrogens is 302 g/mol. The molecule has 1 aromatic rings. The summed E-state index contributed by atoms with van der Waals surface area (Å²) >= 11 is 5.86. The highest BCUT2D eigenvalue weighted by Crippen LogP contribution is 2.23. The van der Waals surface area contributed by atoms with Gasteiger partial charge in [0.05, 0.1) is 6.04 Å². The molecule has 1 saturated heterocycles. The van der Waals surface area contributed by atoms with Crippen LogP contribution in [0.25, 0.3) is 0 Å². The monoisotopic (exact) mass is 323 g/mol. The average Bonchev–Trinajstić information content (AvgIpc) is 2.86. The Labute approximate surface area is 136 Å². The first-order valence-corrected chi connectivity index (χ1v) is 7.96. The van der Waals surface area contributed by atoms with Crippen LogP contribution in [0.3, 0.4) is 0 Å². The third-order valence-electron chi connectivity index (χ3n) is 3.78. The van der Waals surface area contributed by atoms with Gasteiger partial charge in [-0.2, -0.15) is 0 Å². The van der Waals surface area contributed by atoms with Crippen molar-refractivity contribution in [3.8, 4) is 0 Å². The second kappa shape index (κ2) is 7.49. The van der Waals surface area contributed by atoms with Gasteiger partial charge in [0, 0.05) is 37.3 Å². The van der Waals surface area contributed by atoms with Crippen molar-refractivity contribution in [1.29, 1.82) is 0 Å². The van der Waals surface area contributed by atoms with Gasteiger partial charge in [-0.1, -0.05) is 24.9 Å². The van der Waals surface area contributed by atoms with E-state index in [4.69, 9.17) is 11.6 Å². The first-order chi connectivity index (χ1) is 10.5. The van der Waals surface area contributed by atoms with Crippen LogP contribution >= 0.6 is 11.6 Å². The summed E-state index contributed by atoms with van der Waals surface area (Å²) in [6.45, 7) is 3.31. The van der Waals surface area contributed by atoms with Gasteiger partial charge in [0.2, 0.25) is 5.91 Å². The number of halogens is 1. The molecule has 1 atom stereocenters. The van der Waals surface area contributed by atoms with Gasteiger partial charge in [-0.05, 0) is 30.7 Å². The molecule has 0 unspecified atom stereocenters. The zero-order valence-electron chi connectivity index (χ0n) is 13.0. The van der Waals surface area contributed by atoms with Crippen molar-refractivity contribution in [2.45, 2.75) is 32.2 Å². The van der Waals surface area contributed by atoms with E-state index in [0.29, 0.717) is 18.0 Å². The van der Waals surface area contributed by atoms with Gasteiger partial charge < -0.3 is 15.1 Å². The minimum absolute atomic E-state index is 0.0174. The zero-order valence-corrected chi connectivity index (χ0v) is 13.8. The van der Waals surface area contributed by atoms with Gasteiger partial charge in [-0.25, -0.2) is 4.79 Å². The Morgan fingerprint density at radius 1 is 1.41 bits per heavy atom. The number of anilines is 1. The standard InChI is InChI=1S/C16H22ClN3O2/c1-3-4-9-19(2)16(22)18-13-10-15(21)20(11-13)14-7-5-12(17)6-8-14/h5-8,13H,3-4,9-11H2,1-2H3,(H,18,22)/t13-/m0/s1. The average molecular weight is 324 g/mol. The summed E-state index contributed by atoms with van der Waals surface area (Å²) in [4.78, 5) is 27.5. The summed E-state index contributed by atoms with van der Waals surface area (Å²) in [6, 6.07) is 6.88.